The summed E-state index contributed by atoms with van der Waals surface area (Å²) in [5.74, 6) is 0. The second kappa shape index (κ2) is 8.53. The summed E-state index contributed by atoms with van der Waals surface area (Å²) in [6.07, 6.45) is 4.88. The lowest BCUT2D eigenvalue weighted by Crippen LogP contribution is -2.25. The van der Waals surface area contributed by atoms with E-state index in [1.807, 2.05) is 12.1 Å². The van der Waals surface area contributed by atoms with Gasteiger partial charge in [0, 0.05) is 23.3 Å². The highest BCUT2D eigenvalue weighted by Gasteiger charge is 2.25. The van der Waals surface area contributed by atoms with E-state index >= 15 is 0 Å². The normalized spacial score (nSPS) is 20.6. The molecule has 4 heteroatoms. The van der Waals surface area contributed by atoms with Crippen molar-refractivity contribution in [2.24, 2.45) is 0 Å². The van der Waals surface area contributed by atoms with Crippen LogP contribution in [0.2, 0.25) is 5.02 Å². The number of hydrogen-bond acceptors (Lipinski definition) is 1. The summed E-state index contributed by atoms with van der Waals surface area (Å²) in [6, 6.07) is 30.5. The van der Waals surface area contributed by atoms with E-state index in [-0.39, 0.29) is 15.8 Å². The van der Waals surface area contributed by atoms with Crippen LogP contribution in [-0.2, 0) is 0 Å². The Morgan fingerprint density at radius 3 is 1.54 bits per heavy atom. The van der Waals surface area contributed by atoms with Crippen molar-refractivity contribution in [1.29, 1.82) is 0 Å². The minimum Gasteiger partial charge on any atom is -0.363 e. The Labute approximate surface area is 163 Å². The fourth-order valence-electron chi connectivity index (χ4n) is 3.35. The van der Waals surface area contributed by atoms with Crippen molar-refractivity contribution in [2.45, 2.75) is 0 Å². The van der Waals surface area contributed by atoms with Crippen LogP contribution in [0.3, 0.4) is 0 Å². The molecular formula is C22H22ClNP2. The summed E-state index contributed by atoms with van der Waals surface area (Å²) in [7, 11) is -0.344. The van der Waals surface area contributed by atoms with Crippen molar-refractivity contribution in [3.05, 3.63) is 90.0 Å². The molecule has 3 aromatic carbocycles. The Morgan fingerprint density at radius 2 is 1.08 bits per heavy atom. The topological polar surface area (TPSA) is 3.24 Å². The van der Waals surface area contributed by atoms with E-state index in [1.165, 1.54) is 28.6 Å². The van der Waals surface area contributed by atoms with Crippen LogP contribution in [-0.4, -0.2) is 24.9 Å². The van der Waals surface area contributed by atoms with Crippen molar-refractivity contribution in [2.75, 3.05) is 29.8 Å². The molecule has 1 aliphatic rings. The maximum absolute atomic E-state index is 6.12. The third kappa shape index (κ3) is 4.29. The van der Waals surface area contributed by atoms with E-state index in [1.54, 1.807) is 0 Å². The Hall–Kier alpha value is -1.39. The van der Waals surface area contributed by atoms with Crippen LogP contribution in [0.1, 0.15) is 0 Å². The molecule has 1 saturated heterocycles. The Bertz CT molecular complexity index is 774. The van der Waals surface area contributed by atoms with E-state index < -0.39 is 0 Å². The van der Waals surface area contributed by atoms with Crippen LogP contribution < -0.4 is 15.5 Å². The Balaban J connectivity index is 1.65. The van der Waals surface area contributed by atoms with Gasteiger partial charge in [0.15, 0.2) is 0 Å². The molecule has 132 valence electrons. The predicted octanol–water partition coefficient (Wildman–Crippen LogP) is 5.69. The van der Waals surface area contributed by atoms with Crippen LogP contribution >= 0.6 is 27.4 Å². The van der Waals surface area contributed by atoms with Crippen molar-refractivity contribution < 1.29 is 0 Å². The number of halogens is 1. The standard InChI is InChI=1S/C22H22ClNP2/c23-19-11-13-20(14-12-19)24-17-25(21-7-3-1-4-8-21)15-16-26(18-24)22-9-5-2-6-10-22/h1-14H,15-18H2. The first-order chi connectivity index (χ1) is 12.8. The molecule has 0 spiro atoms. The largest absolute Gasteiger partial charge is 0.363 e. The second-order valence-corrected chi connectivity index (χ2v) is 11.6. The van der Waals surface area contributed by atoms with E-state index in [2.05, 4.69) is 77.7 Å². The highest BCUT2D eigenvalue weighted by atomic mass is 35.5. The van der Waals surface area contributed by atoms with Crippen LogP contribution in [0.5, 0.6) is 0 Å². The summed E-state index contributed by atoms with van der Waals surface area (Å²) in [5.41, 5.74) is 1.29. The van der Waals surface area contributed by atoms with E-state index in [0.29, 0.717) is 0 Å². The van der Waals surface area contributed by atoms with E-state index in [0.717, 1.165) is 17.6 Å². The first kappa shape index (κ1) is 18.0. The average Bonchev–Trinajstić information content (AvgIpc) is 2.93. The summed E-state index contributed by atoms with van der Waals surface area (Å²) in [6.45, 7) is 0. The van der Waals surface area contributed by atoms with Crippen molar-refractivity contribution >= 4 is 43.7 Å². The maximum Gasteiger partial charge on any atom is 0.0422 e. The quantitative estimate of drug-likeness (QED) is 0.513. The zero-order chi connectivity index (χ0) is 17.8. The number of rotatable bonds is 3. The number of hydrogen-bond donors (Lipinski definition) is 0. The molecule has 2 unspecified atom stereocenters. The van der Waals surface area contributed by atoms with Gasteiger partial charge in [-0.05, 0) is 47.2 Å². The molecule has 0 N–H and O–H groups in total. The lowest BCUT2D eigenvalue weighted by Gasteiger charge is -2.29. The van der Waals surface area contributed by atoms with Gasteiger partial charge >= 0.3 is 0 Å². The molecule has 1 nitrogen and oxygen atoms in total. The third-order valence-corrected chi connectivity index (χ3v) is 10.3. The highest BCUT2D eigenvalue weighted by molar-refractivity contribution is 7.70. The van der Waals surface area contributed by atoms with Crippen LogP contribution in [0.25, 0.3) is 0 Å². The molecule has 0 aromatic heterocycles. The lowest BCUT2D eigenvalue weighted by molar-refractivity contribution is 1.06. The van der Waals surface area contributed by atoms with Gasteiger partial charge in [-0.1, -0.05) is 88.1 Å². The van der Waals surface area contributed by atoms with Gasteiger partial charge in [0.05, 0.1) is 0 Å². The van der Waals surface area contributed by atoms with Gasteiger partial charge in [-0.3, -0.25) is 0 Å². The molecule has 0 bridgehead atoms. The van der Waals surface area contributed by atoms with Gasteiger partial charge in [-0.25, -0.2) is 0 Å². The summed E-state index contributed by atoms with van der Waals surface area (Å²) in [5, 5.41) is 3.84. The SMILES string of the molecule is Clc1ccc(N2CP(c3ccccc3)CCP(c3ccccc3)C2)cc1. The first-order valence-electron chi connectivity index (χ1n) is 8.90. The second-order valence-electron chi connectivity index (χ2n) is 6.50. The van der Waals surface area contributed by atoms with Gasteiger partial charge in [-0.15, -0.1) is 0 Å². The van der Waals surface area contributed by atoms with Crippen molar-refractivity contribution in [3.63, 3.8) is 0 Å². The Kier molecular flexibility index (Phi) is 5.91. The molecular weight excluding hydrogens is 376 g/mol. The van der Waals surface area contributed by atoms with Gasteiger partial charge in [-0.2, -0.15) is 0 Å². The molecule has 4 rings (SSSR count). The molecule has 1 fully saturated rings. The minimum absolute atomic E-state index is 0.172. The Morgan fingerprint density at radius 1 is 0.615 bits per heavy atom. The van der Waals surface area contributed by atoms with Gasteiger partial charge in [0.25, 0.3) is 0 Å². The van der Waals surface area contributed by atoms with Crippen molar-refractivity contribution in [1.82, 2.24) is 0 Å². The van der Waals surface area contributed by atoms with Crippen LogP contribution in [0, 0.1) is 0 Å². The van der Waals surface area contributed by atoms with E-state index in [4.69, 9.17) is 11.6 Å². The molecule has 0 amide bonds. The smallest absolute Gasteiger partial charge is 0.0422 e. The fourth-order valence-corrected chi connectivity index (χ4v) is 9.23. The fraction of sp³-hybridized carbons (Fsp3) is 0.182. The molecule has 0 aliphatic carbocycles. The van der Waals surface area contributed by atoms with Crippen LogP contribution in [0.4, 0.5) is 5.69 Å². The van der Waals surface area contributed by atoms with Gasteiger partial charge in [0.1, 0.15) is 0 Å². The summed E-state index contributed by atoms with van der Waals surface area (Å²) >= 11 is 6.12. The van der Waals surface area contributed by atoms with Gasteiger partial charge < -0.3 is 4.90 Å². The molecule has 0 radical (unpaired) electrons. The summed E-state index contributed by atoms with van der Waals surface area (Å²) < 4.78 is 0. The maximum atomic E-state index is 6.12. The lowest BCUT2D eigenvalue weighted by atomic mass is 10.3. The molecule has 3 aromatic rings. The average molecular weight is 398 g/mol. The molecule has 0 saturated carbocycles. The number of benzene rings is 3. The van der Waals surface area contributed by atoms with Crippen molar-refractivity contribution in [3.8, 4) is 0 Å². The number of anilines is 1. The zero-order valence-electron chi connectivity index (χ0n) is 14.6. The van der Waals surface area contributed by atoms with Crippen LogP contribution in [0.15, 0.2) is 84.9 Å². The third-order valence-electron chi connectivity index (χ3n) is 4.76. The minimum atomic E-state index is -0.172. The van der Waals surface area contributed by atoms with Gasteiger partial charge in [0.2, 0.25) is 0 Å². The summed E-state index contributed by atoms with van der Waals surface area (Å²) in [4.78, 5) is 2.60. The first-order valence-corrected chi connectivity index (χ1v) is 12.7. The zero-order valence-corrected chi connectivity index (χ0v) is 17.2. The molecule has 1 aliphatic heterocycles. The molecule has 2 atom stereocenters. The highest BCUT2D eigenvalue weighted by Crippen LogP contribution is 2.48. The van der Waals surface area contributed by atoms with E-state index in [9.17, 15) is 0 Å². The monoisotopic (exact) mass is 397 g/mol. The predicted molar refractivity (Wildman–Crippen MR) is 119 cm³/mol. The molecule has 1 heterocycles. The molecule has 26 heavy (non-hydrogen) atoms. The number of nitrogens with zero attached hydrogens (tertiary/aromatic N) is 1.